The maximum absolute atomic E-state index is 2.43. The zero-order valence-electron chi connectivity index (χ0n) is 23.5. The van der Waals surface area contributed by atoms with Crippen molar-refractivity contribution in [3.05, 3.63) is 142 Å². The summed E-state index contributed by atoms with van der Waals surface area (Å²) in [6.07, 6.45) is 8.00. The van der Waals surface area contributed by atoms with Crippen LogP contribution in [0.15, 0.2) is 114 Å². The molecule has 190 valence electrons. The van der Waals surface area contributed by atoms with Gasteiger partial charge >= 0.3 is 0 Å². The van der Waals surface area contributed by atoms with Crippen LogP contribution in [0, 0.1) is 6.92 Å². The topological polar surface area (TPSA) is 3.24 Å². The van der Waals surface area contributed by atoms with Gasteiger partial charge in [0.1, 0.15) is 0 Å². The van der Waals surface area contributed by atoms with E-state index in [1.807, 2.05) is 0 Å². The zero-order chi connectivity index (χ0) is 26.7. The molecule has 1 heteroatoms. The molecule has 0 bridgehead atoms. The minimum absolute atomic E-state index is 0.0645. The number of anilines is 1. The van der Waals surface area contributed by atoms with E-state index in [4.69, 9.17) is 0 Å². The van der Waals surface area contributed by atoms with Crippen molar-refractivity contribution in [3.63, 3.8) is 0 Å². The first-order valence-electron chi connectivity index (χ1n) is 13.7. The second-order valence-electron chi connectivity index (χ2n) is 11.9. The molecule has 4 aromatic rings. The van der Waals surface area contributed by atoms with Crippen LogP contribution in [0.2, 0.25) is 0 Å². The monoisotopic (exact) mass is 495 g/mol. The minimum Gasteiger partial charge on any atom is -0.347 e. The van der Waals surface area contributed by atoms with Crippen LogP contribution < -0.4 is 4.90 Å². The van der Waals surface area contributed by atoms with Crippen LogP contribution in [-0.2, 0) is 17.3 Å². The lowest BCUT2D eigenvalue weighted by Crippen LogP contribution is -2.25. The molecule has 1 aliphatic carbocycles. The fourth-order valence-corrected chi connectivity index (χ4v) is 7.00. The summed E-state index contributed by atoms with van der Waals surface area (Å²) in [5, 5.41) is 2.62. The van der Waals surface area contributed by atoms with E-state index in [-0.39, 0.29) is 10.8 Å². The number of benzene rings is 4. The van der Waals surface area contributed by atoms with Gasteiger partial charge in [-0.25, -0.2) is 0 Å². The molecule has 1 heterocycles. The molecule has 0 radical (unpaired) electrons. The Morgan fingerprint density at radius 3 is 2.32 bits per heavy atom. The van der Waals surface area contributed by atoms with Gasteiger partial charge in [-0.1, -0.05) is 123 Å². The molecule has 0 aromatic heterocycles. The van der Waals surface area contributed by atoms with Gasteiger partial charge in [0.15, 0.2) is 0 Å². The predicted octanol–water partition coefficient (Wildman–Crippen LogP) is 9.30. The van der Waals surface area contributed by atoms with Gasteiger partial charge in [0, 0.05) is 29.0 Å². The Bertz CT molecular complexity index is 1650. The van der Waals surface area contributed by atoms with Gasteiger partial charge in [0.2, 0.25) is 0 Å². The summed E-state index contributed by atoms with van der Waals surface area (Å²) >= 11 is 0. The number of hydrogen-bond donors (Lipinski definition) is 0. The van der Waals surface area contributed by atoms with Gasteiger partial charge in [-0.05, 0) is 65.1 Å². The first-order valence-corrected chi connectivity index (χ1v) is 13.7. The Labute approximate surface area is 227 Å². The molecule has 2 aliphatic rings. The molecule has 1 nitrogen and oxygen atoms in total. The summed E-state index contributed by atoms with van der Waals surface area (Å²) in [6, 6.07) is 31.2. The molecular weight excluding hydrogens is 458 g/mol. The third kappa shape index (κ3) is 3.68. The van der Waals surface area contributed by atoms with Gasteiger partial charge in [0.05, 0.1) is 5.69 Å². The van der Waals surface area contributed by atoms with E-state index in [9.17, 15) is 0 Å². The Morgan fingerprint density at radius 2 is 1.53 bits per heavy atom. The van der Waals surface area contributed by atoms with Crippen LogP contribution in [0.1, 0.15) is 55.5 Å². The predicted molar refractivity (Wildman–Crippen MR) is 164 cm³/mol. The normalized spacial score (nSPS) is 21.1. The molecule has 0 N–H and O–H groups in total. The molecule has 38 heavy (non-hydrogen) atoms. The Balaban J connectivity index is 1.41. The maximum Gasteiger partial charge on any atom is 0.0527 e. The van der Waals surface area contributed by atoms with Gasteiger partial charge in [-0.2, -0.15) is 0 Å². The fourth-order valence-electron chi connectivity index (χ4n) is 7.00. The fraction of sp³-hybridized carbons (Fsp3) is 0.243. The van der Waals surface area contributed by atoms with E-state index in [1.165, 1.54) is 61.1 Å². The molecule has 4 aromatic carbocycles. The van der Waals surface area contributed by atoms with Gasteiger partial charge in [-0.15, -0.1) is 0 Å². The molecule has 1 aliphatic heterocycles. The average molecular weight is 496 g/mol. The SMILES string of the molecule is CC1=C(/C=C/C=C2/N(C)c3c(ccc4ccccc34)C2(C)C)C(C)(Cc2ccccc2)c2cc(C)ccc21. The van der Waals surface area contributed by atoms with Crippen molar-refractivity contribution in [1.82, 2.24) is 0 Å². The number of hydrogen-bond acceptors (Lipinski definition) is 1. The number of allylic oxidation sites excluding steroid dienone is 6. The van der Waals surface area contributed by atoms with Crippen molar-refractivity contribution in [3.8, 4) is 0 Å². The van der Waals surface area contributed by atoms with Crippen molar-refractivity contribution < 1.29 is 0 Å². The van der Waals surface area contributed by atoms with Crippen LogP contribution in [0.3, 0.4) is 0 Å². The quantitative estimate of drug-likeness (QED) is 0.273. The molecule has 0 saturated carbocycles. The Kier molecular flexibility index (Phi) is 5.72. The second kappa shape index (κ2) is 8.88. The summed E-state index contributed by atoms with van der Waals surface area (Å²) in [5.41, 5.74) is 12.3. The van der Waals surface area contributed by atoms with E-state index in [1.54, 1.807) is 0 Å². The second-order valence-corrected chi connectivity index (χ2v) is 11.9. The molecular formula is C37H37N. The van der Waals surface area contributed by atoms with Crippen LogP contribution in [0.25, 0.3) is 16.3 Å². The number of rotatable bonds is 4. The van der Waals surface area contributed by atoms with Crippen LogP contribution in [-0.4, -0.2) is 7.05 Å². The van der Waals surface area contributed by atoms with E-state index in [0.29, 0.717) is 0 Å². The van der Waals surface area contributed by atoms with Gasteiger partial charge in [-0.3, -0.25) is 0 Å². The first-order chi connectivity index (χ1) is 18.2. The zero-order valence-corrected chi connectivity index (χ0v) is 23.5. The van der Waals surface area contributed by atoms with Crippen molar-refractivity contribution in [1.29, 1.82) is 0 Å². The van der Waals surface area contributed by atoms with Crippen molar-refractivity contribution >= 4 is 22.0 Å². The molecule has 0 saturated heterocycles. The molecule has 1 atom stereocenters. The standard InChI is InChI=1S/C37H37N/c1-25-19-21-29-26(2)31(37(5,33(29)23-25)24-27-13-8-7-9-14-27)17-12-18-34-36(3,4)32-22-20-28-15-10-11-16-30(28)35(32)38(34)6/h7-23H,24H2,1-6H3/b17-12+,34-18+. The highest BCUT2D eigenvalue weighted by Gasteiger charge is 2.40. The van der Waals surface area contributed by atoms with Crippen LogP contribution >= 0.6 is 0 Å². The summed E-state index contributed by atoms with van der Waals surface area (Å²) in [5.74, 6) is 0. The molecule has 0 spiro atoms. The first kappa shape index (κ1) is 24.5. The summed E-state index contributed by atoms with van der Waals surface area (Å²) in [4.78, 5) is 2.40. The third-order valence-electron chi connectivity index (χ3n) is 9.00. The highest BCUT2D eigenvalue weighted by atomic mass is 15.2. The van der Waals surface area contributed by atoms with Gasteiger partial charge < -0.3 is 4.90 Å². The van der Waals surface area contributed by atoms with Crippen LogP contribution in [0.4, 0.5) is 5.69 Å². The largest absolute Gasteiger partial charge is 0.347 e. The number of nitrogens with zero attached hydrogens (tertiary/aromatic N) is 1. The lowest BCUT2D eigenvalue weighted by molar-refractivity contribution is 0.577. The van der Waals surface area contributed by atoms with E-state index in [0.717, 1.165) is 6.42 Å². The van der Waals surface area contributed by atoms with Gasteiger partial charge in [0.25, 0.3) is 0 Å². The molecule has 0 fully saturated rings. The van der Waals surface area contributed by atoms with Crippen molar-refractivity contribution in [2.24, 2.45) is 0 Å². The van der Waals surface area contributed by atoms with Crippen molar-refractivity contribution in [2.75, 3.05) is 11.9 Å². The molecule has 1 unspecified atom stereocenters. The van der Waals surface area contributed by atoms with E-state index >= 15 is 0 Å². The highest BCUT2D eigenvalue weighted by molar-refractivity contribution is 5.99. The number of likely N-dealkylation sites (N-methyl/N-ethyl adjacent to an activating group) is 1. The molecule has 6 rings (SSSR count). The Morgan fingerprint density at radius 1 is 0.789 bits per heavy atom. The third-order valence-corrected chi connectivity index (χ3v) is 9.00. The summed E-state index contributed by atoms with van der Waals surface area (Å²) in [7, 11) is 2.22. The smallest absolute Gasteiger partial charge is 0.0527 e. The minimum atomic E-state index is -0.0714. The maximum atomic E-state index is 2.43. The number of aryl methyl sites for hydroxylation is 1. The van der Waals surface area contributed by atoms with E-state index < -0.39 is 0 Å². The lowest BCUT2D eigenvalue weighted by Gasteiger charge is -2.29. The highest BCUT2D eigenvalue weighted by Crippen LogP contribution is 2.51. The lowest BCUT2D eigenvalue weighted by atomic mass is 9.74. The Hall–Kier alpha value is -3.84. The van der Waals surface area contributed by atoms with Crippen LogP contribution in [0.5, 0.6) is 0 Å². The number of fused-ring (bicyclic) bond motifs is 4. The molecule has 0 amide bonds. The van der Waals surface area contributed by atoms with E-state index in [2.05, 4.69) is 150 Å². The summed E-state index contributed by atoms with van der Waals surface area (Å²) in [6.45, 7) is 11.6. The summed E-state index contributed by atoms with van der Waals surface area (Å²) < 4.78 is 0. The average Bonchev–Trinajstić information content (AvgIpc) is 3.23. The van der Waals surface area contributed by atoms with Crippen molar-refractivity contribution in [2.45, 2.75) is 51.9 Å².